The lowest BCUT2D eigenvalue weighted by atomic mass is 9.57. The van der Waals surface area contributed by atoms with E-state index in [1.165, 1.54) is 0 Å². The smallest absolute Gasteiger partial charge is 0.121 e. The van der Waals surface area contributed by atoms with Crippen molar-refractivity contribution in [3.8, 4) is 0 Å². The van der Waals surface area contributed by atoms with E-state index in [1.807, 2.05) is 23.2 Å². The van der Waals surface area contributed by atoms with Crippen LogP contribution in [0.3, 0.4) is 0 Å². The number of benzene rings is 1. The number of likely N-dealkylation sites (tertiary alicyclic amines) is 1. The molecule has 3 aliphatic heterocycles. The van der Waals surface area contributed by atoms with Crippen LogP contribution in [-0.2, 0) is 4.74 Å². The van der Waals surface area contributed by atoms with Gasteiger partial charge in [-0.2, -0.15) is 0 Å². The van der Waals surface area contributed by atoms with Crippen molar-refractivity contribution < 1.29 is 25.2 Å². The average Bonchev–Trinajstić information content (AvgIpc) is 3.39. The number of aliphatic hydroxyl groups excluding tert-OH is 4. The molecular formula is C31H37N3O5. The molecule has 2 aromatic rings. The topological polar surface area (TPSA) is 132 Å². The minimum atomic E-state index is -1.12. The third-order valence-corrected chi connectivity index (χ3v) is 11.4. The minimum Gasteiger partial charge on any atom is -0.392 e. The van der Waals surface area contributed by atoms with Crippen LogP contribution in [0.2, 0.25) is 0 Å². The van der Waals surface area contributed by atoms with Gasteiger partial charge in [0.05, 0.1) is 17.7 Å². The highest BCUT2D eigenvalue weighted by molar-refractivity contribution is 5.82. The molecule has 0 amide bonds. The van der Waals surface area contributed by atoms with Crippen molar-refractivity contribution in [2.24, 2.45) is 17.1 Å². The molecule has 6 N–H and O–H groups in total. The monoisotopic (exact) mass is 531 g/mol. The molecule has 4 fully saturated rings. The molecule has 6 aliphatic rings. The largest absolute Gasteiger partial charge is 0.392 e. The highest BCUT2D eigenvalue weighted by Gasteiger charge is 2.72. The fourth-order valence-electron chi connectivity index (χ4n) is 9.58. The van der Waals surface area contributed by atoms with E-state index in [4.69, 9.17) is 10.5 Å². The van der Waals surface area contributed by atoms with E-state index in [1.54, 1.807) is 6.20 Å². The fourth-order valence-corrected chi connectivity index (χ4v) is 9.58. The maximum Gasteiger partial charge on any atom is 0.121 e. The van der Waals surface area contributed by atoms with Crippen LogP contribution < -0.4 is 5.73 Å². The number of allylic oxidation sites excluding steroid dienone is 1. The first-order valence-corrected chi connectivity index (χ1v) is 14.4. The van der Waals surface area contributed by atoms with Gasteiger partial charge in [0.15, 0.2) is 0 Å². The van der Waals surface area contributed by atoms with Gasteiger partial charge in [0.25, 0.3) is 0 Å². The molecule has 0 radical (unpaired) electrons. The predicted octanol–water partition coefficient (Wildman–Crippen LogP) is 1.37. The van der Waals surface area contributed by atoms with Crippen LogP contribution in [0, 0.1) is 11.3 Å². The van der Waals surface area contributed by atoms with Gasteiger partial charge in [-0.15, -0.1) is 0 Å². The summed E-state index contributed by atoms with van der Waals surface area (Å²) in [6.45, 7) is 3.43. The van der Waals surface area contributed by atoms with Gasteiger partial charge in [-0.25, -0.2) is 0 Å². The number of ether oxygens (including phenoxy) is 1. The number of rotatable bonds is 2. The summed E-state index contributed by atoms with van der Waals surface area (Å²) >= 11 is 0. The fraction of sp³-hybridized carbons (Fsp3) is 0.581. The second-order valence-corrected chi connectivity index (χ2v) is 13.3. The van der Waals surface area contributed by atoms with Gasteiger partial charge in [0.1, 0.15) is 23.9 Å². The van der Waals surface area contributed by atoms with E-state index >= 15 is 0 Å². The van der Waals surface area contributed by atoms with E-state index < -0.39 is 41.7 Å². The zero-order chi connectivity index (χ0) is 26.9. The Hall–Kier alpha value is -2.17. The van der Waals surface area contributed by atoms with Crippen LogP contribution >= 0.6 is 0 Å². The summed E-state index contributed by atoms with van der Waals surface area (Å²) in [6, 6.07) is 7.80. The molecule has 8 rings (SSSR count). The molecule has 1 aromatic carbocycles. The Bertz CT molecular complexity index is 1420. The molecule has 4 heterocycles. The Morgan fingerprint density at radius 1 is 1.05 bits per heavy atom. The maximum atomic E-state index is 11.8. The van der Waals surface area contributed by atoms with Crippen molar-refractivity contribution in [2.45, 2.75) is 86.2 Å². The molecular weight excluding hydrogens is 494 g/mol. The third-order valence-electron chi connectivity index (χ3n) is 11.4. The minimum absolute atomic E-state index is 0.00885. The first-order chi connectivity index (χ1) is 18.7. The standard InChI is InChI=1S/C31H37N3O5/c1-29-6-4-19-11-21-26(36)27(37)25(34-14-20(32)15-34)28(38)31(21)8-7-30(19,39-31)23(29)12-22(35)24(29)17-3-2-16-5-9-33-13-18(16)10-17/h2-5,9-11,13,20,22-28,35-38H,6-8,12,14-15,32H2,1H3/t22-,23-,24+,25-,26?,27?,28?,29+,30?,31+/m1/s1. The summed E-state index contributed by atoms with van der Waals surface area (Å²) in [5, 5.41) is 48.1. The van der Waals surface area contributed by atoms with Gasteiger partial charge < -0.3 is 30.9 Å². The van der Waals surface area contributed by atoms with Crippen molar-refractivity contribution in [1.82, 2.24) is 9.88 Å². The third kappa shape index (κ3) is 3.00. The number of hydrogen-bond acceptors (Lipinski definition) is 8. The molecule has 206 valence electrons. The van der Waals surface area contributed by atoms with Crippen LogP contribution in [0.4, 0.5) is 0 Å². The van der Waals surface area contributed by atoms with Crippen LogP contribution in [0.15, 0.2) is 60.0 Å². The summed E-state index contributed by atoms with van der Waals surface area (Å²) in [5.41, 5.74) is 6.79. The van der Waals surface area contributed by atoms with Gasteiger partial charge in [-0.3, -0.25) is 9.88 Å². The van der Waals surface area contributed by atoms with E-state index in [2.05, 4.69) is 36.2 Å². The number of pyridine rings is 1. The lowest BCUT2D eigenvalue weighted by Crippen LogP contribution is -2.74. The van der Waals surface area contributed by atoms with E-state index in [-0.39, 0.29) is 23.3 Å². The number of hydrogen-bond donors (Lipinski definition) is 5. The van der Waals surface area contributed by atoms with Crippen molar-refractivity contribution in [3.05, 3.63) is 65.5 Å². The summed E-state index contributed by atoms with van der Waals surface area (Å²) in [6.07, 6.45) is 6.80. The van der Waals surface area contributed by atoms with Crippen molar-refractivity contribution in [2.75, 3.05) is 13.1 Å². The summed E-state index contributed by atoms with van der Waals surface area (Å²) in [7, 11) is 0. The second kappa shape index (κ2) is 7.97. The lowest BCUT2D eigenvalue weighted by molar-refractivity contribution is -0.221. The van der Waals surface area contributed by atoms with Gasteiger partial charge in [0.2, 0.25) is 0 Å². The van der Waals surface area contributed by atoms with Crippen molar-refractivity contribution in [1.29, 1.82) is 0 Å². The van der Waals surface area contributed by atoms with Gasteiger partial charge in [-0.05, 0) is 65.3 Å². The number of nitrogens with zero attached hydrogens (tertiary/aromatic N) is 2. The number of aliphatic hydroxyl groups is 4. The van der Waals surface area contributed by atoms with Crippen LogP contribution in [-0.4, -0.2) is 91.1 Å². The van der Waals surface area contributed by atoms with Crippen LogP contribution in [0.1, 0.15) is 44.1 Å². The van der Waals surface area contributed by atoms with Crippen molar-refractivity contribution >= 4 is 10.8 Å². The molecule has 39 heavy (non-hydrogen) atoms. The molecule has 4 unspecified atom stereocenters. The zero-order valence-corrected chi connectivity index (χ0v) is 22.1. The summed E-state index contributed by atoms with van der Waals surface area (Å²) < 4.78 is 7.13. The molecule has 8 heteroatoms. The second-order valence-electron chi connectivity index (χ2n) is 13.3. The zero-order valence-electron chi connectivity index (χ0n) is 22.1. The molecule has 3 aliphatic carbocycles. The Morgan fingerprint density at radius 3 is 2.64 bits per heavy atom. The highest BCUT2D eigenvalue weighted by Crippen LogP contribution is 2.69. The molecule has 2 saturated heterocycles. The van der Waals surface area contributed by atoms with Gasteiger partial charge in [-0.1, -0.05) is 31.2 Å². The predicted molar refractivity (Wildman–Crippen MR) is 145 cm³/mol. The Labute approximate surface area is 227 Å². The Kier molecular flexibility index (Phi) is 5.03. The first-order valence-electron chi connectivity index (χ1n) is 14.4. The van der Waals surface area contributed by atoms with Gasteiger partial charge >= 0.3 is 0 Å². The molecule has 8 nitrogen and oxygen atoms in total. The summed E-state index contributed by atoms with van der Waals surface area (Å²) in [5.74, 6) is -0.0253. The normalized spacial score (nSPS) is 47.2. The summed E-state index contributed by atoms with van der Waals surface area (Å²) in [4.78, 5) is 6.28. The average molecular weight is 532 g/mol. The Morgan fingerprint density at radius 2 is 1.85 bits per heavy atom. The quantitative estimate of drug-likeness (QED) is 0.393. The molecule has 2 spiro atoms. The SMILES string of the molecule is C[C@]12CC=C3C=C4C(O)C(O)[C@@H](N5CC(N)C5)C(O)[C@]45CCC3(O5)[C@@H]1C[C@@H](O)[C@@H]2c1ccc2ccncc2c1. The Balaban J connectivity index is 1.20. The molecule has 2 saturated carbocycles. The van der Waals surface area contributed by atoms with Crippen LogP contribution in [0.5, 0.6) is 0 Å². The number of aromatic nitrogens is 1. The lowest BCUT2D eigenvalue weighted by Gasteiger charge is -2.59. The maximum absolute atomic E-state index is 11.8. The number of fused-ring (bicyclic) bond motifs is 2. The van der Waals surface area contributed by atoms with Crippen molar-refractivity contribution in [3.63, 3.8) is 0 Å². The van der Waals surface area contributed by atoms with E-state index in [0.29, 0.717) is 37.9 Å². The number of nitrogens with two attached hydrogens (primary N) is 1. The van der Waals surface area contributed by atoms with E-state index in [0.717, 1.165) is 28.3 Å². The first kappa shape index (κ1) is 24.6. The molecule has 2 bridgehead atoms. The van der Waals surface area contributed by atoms with E-state index in [9.17, 15) is 20.4 Å². The van der Waals surface area contributed by atoms with Crippen LogP contribution in [0.25, 0.3) is 10.8 Å². The molecule has 1 aromatic heterocycles. The van der Waals surface area contributed by atoms with Gasteiger partial charge in [0, 0.05) is 48.7 Å². The molecule has 10 atom stereocenters. The highest BCUT2D eigenvalue weighted by atomic mass is 16.5.